The average Bonchev–Trinajstić information content (AvgIpc) is 2.96. The first-order valence-corrected chi connectivity index (χ1v) is 8.58. The van der Waals surface area contributed by atoms with Crippen molar-refractivity contribution in [1.29, 1.82) is 5.26 Å². The number of anilines is 1. The summed E-state index contributed by atoms with van der Waals surface area (Å²) < 4.78 is 26.7. The Morgan fingerprint density at radius 2 is 2.00 bits per heavy atom. The second kappa shape index (κ2) is 6.26. The van der Waals surface area contributed by atoms with E-state index in [1.165, 1.54) is 16.4 Å². The number of rotatable bonds is 5. The Bertz CT molecular complexity index is 776. The number of nitriles is 1. The van der Waals surface area contributed by atoms with Gasteiger partial charge in [0.05, 0.1) is 0 Å². The van der Waals surface area contributed by atoms with Gasteiger partial charge in [-0.25, -0.2) is 8.42 Å². The van der Waals surface area contributed by atoms with Crippen LogP contribution in [0.15, 0.2) is 40.6 Å². The van der Waals surface area contributed by atoms with Crippen molar-refractivity contribution < 1.29 is 8.42 Å². The number of nitrogens with zero attached hydrogens (tertiary/aromatic N) is 2. The number of nitrogens with two attached hydrogens (primary N) is 1. The van der Waals surface area contributed by atoms with Gasteiger partial charge in [0, 0.05) is 18.8 Å². The van der Waals surface area contributed by atoms with Crippen LogP contribution in [-0.2, 0) is 16.6 Å². The summed E-state index contributed by atoms with van der Waals surface area (Å²) in [6.07, 6.45) is 0. The molecule has 1 aromatic heterocycles. The summed E-state index contributed by atoms with van der Waals surface area (Å²) >= 11 is 0.976. The smallest absolute Gasteiger partial charge is 0.252 e. The van der Waals surface area contributed by atoms with Crippen LogP contribution in [0.1, 0.15) is 17.4 Å². The lowest BCUT2D eigenvalue weighted by Gasteiger charge is -2.20. The molecule has 0 aliphatic carbocycles. The van der Waals surface area contributed by atoms with Crippen molar-refractivity contribution in [3.8, 4) is 6.07 Å². The van der Waals surface area contributed by atoms with E-state index in [9.17, 15) is 8.42 Å². The first kappa shape index (κ1) is 15.5. The minimum atomic E-state index is -3.61. The summed E-state index contributed by atoms with van der Waals surface area (Å²) in [5.41, 5.74) is 7.20. The van der Waals surface area contributed by atoms with E-state index in [0.717, 1.165) is 16.9 Å². The largest absolute Gasteiger partial charge is 0.398 e. The van der Waals surface area contributed by atoms with Crippen molar-refractivity contribution in [2.45, 2.75) is 17.7 Å². The predicted octanol–water partition coefficient (Wildman–Crippen LogP) is 2.41. The third kappa shape index (κ3) is 3.24. The van der Waals surface area contributed by atoms with E-state index in [2.05, 4.69) is 0 Å². The zero-order valence-electron chi connectivity index (χ0n) is 11.5. The topological polar surface area (TPSA) is 87.2 Å². The van der Waals surface area contributed by atoms with Crippen LogP contribution in [-0.4, -0.2) is 19.3 Å². The van der Waals surface area contributed by atoms with Gasteiger partial charge in [-0.2, -0.15) is 9.57 Å². The number of nitrogen functional groups attached to an aromatic ring is 1. The molecule has 2 rings (SSSR count). The standard InChI is InChI=1S/C14H15N3O2S2/c1-2-17(10-11-5-3-4-6-13(11)16)21(18,19)14-8-7-12(9-15)20-14/h3-8H,2,10,16H2,1H3. The molecule has 1 aromatic carbocycles. The van der Waals surface area contributed by atoms with E-state index in [4.69, 9.17) is 11.0 Å². The fourth-order valence-corrected chi connectivity index (χ4v) is 4.57. The molecule has 0 aliphatic rings. The molecule has 0 radical (unpaired) electrons. The quantitative estimate of drug-likeness (QED) is 0.857. The first-order valence-electron chi connectivity index (χ1n) is 6.32. The van der Waals surface area contributed by atoms with Crippen molar-refractivity contribution in [1.82, 2.24) is 4.31 Å². The molecule has 0 fully saturated rings. The van der Waals surface area contributed by atoms with Crippen LogP contribution < -0.4 is 5.73 Å². The van der Waals surface area contributed by atoms with Crippen LogP contribution in [0.3, 0.4) is 0 Å². The second-order valence-corrected chi connectivity index (χ2v) is 7.61. The fraction of sp³-hybridized carbons (Fsp3) is 0.214. The molecule has 2 aromatic rings. The lowest BCUT2D eigenvalue weighted by molar-refractivity contribution is 0.425. The highest BCUT2D eigenvalue weighted by molar-refractivity contribution is 7.91. The molecule has 0 spiro atoms. The van der Waals surface area contributed by atoms with Gasteiger partial charge in [-0.1, -0.05) is 25.1 Å². The van der Waals surface area contributed by atoms with Crippen LogP contribution in [0.2, 0.25) is 0 Å². The number of hydrogen-bond donors (Lipinski definition) is 1. The van der Waals surface area contributed by atoms with Gasteiger partial charge in [-0.15, -0.1) is 11.3 Å². The third-order valence-corrected chi connectivity index (χ3v) is 6.42. The van der Waals surface area contributed by atoms with Gasteiger partial charge in [-0.3, -0.25) is 0 Å². The predicted molar refractivity (Wildman–Crippen MR) is 83.2 cm³/mol. The summed E-state index contributed by atoms with van der Waals surface area (Å²) in [5.74, 6) is 0. The van der Waals surface area contributed by atoms with Gasteiger partial charge < -0.3 is 5.73 Å². The van der Waals surface area contributed by atoms with Crippen molar-refractivity contribution in [2.24, 2.45) is 0 Å². The maximum atomic E-state index is 12.6. The lowest BCUT2D eigenvalue weighted by Crippen LogP contribution is -2.30. The highest BCUT2D eigenvalue weighted by Gasteiger charge is 2.25. The molecule has 110 valence electrons. The van der Waals surface area contributed by atoms with Crippen molar-refractivity contribution >= 4 is 27.0 Å². The normalized spacial score (nSPS) is 11.5. The zero-order valence-corrected chi connectivity index (χ0v) is 13.1. The average molecular weight is 321 g/mol. The van der Waals surface area contributed by atoms with Gasteiger partial charge in [0.1, 0.15) is 15.2 Å². The highest BCUT2D eigenvalue weighted by Crippen LogP contribution is 2.26. The molecular weight excluding hydrogens is 306 g/mol. The minimum Gasteiger partial charge on any atom is -0.398 e. The number of para-hydroxylation sites is 1. The Morgan fingerprint density at radius 3 is 2.57 bits per heavy atom. The minimum absolute atomic E-state index is 0.176. The SMILES string of the molecule is CCN(Cc1ccccc1N)S(=O)(=O)c1ccc(C#N)s1. The Balaban J connectivity index is 2.32. The molecule has 1 heterocycles. The van der Waals surface area contributed by atoms with Crippen molar-refractivity contribution in [2.75, 3.05) is 12.3 Å². The molecule has 0 unspecified atom stereocenters. The number of benzene rings is 1. The Labute approximate surface area is 128 Å². The van der Waals surface area contributed by atoms with Crippen molar-refractivity contribution in [3.63, 3.8) is 0 Å². The summed E-state index contributed by atoms with van der Waals surface area (Å²) in [6.45, 7) is 2.32. The van der Waals surface area contributed by atoms with Crippen LogP contribution in [0, 0.1) is 11.3 Å². The zero-order chi connectivity index (χ0) is 15.5. The molecular formula is C14H15N3O2S2. The molecule has 21 heavy (non-hydrogen) atoms. The van der Waals surface area contributed by atoms with E-state index in [1.54, 1.807) is 13.0 Å². The Morgan fingerprint density at radius 1 is 1.29 bits per heavy atom. The maximum absolute atomic E-state index is 12.6. The molecule has 0 saturated heterocycles. The lowest BCUT2D eigenvalue weighted by atomic mass is 10.2. The Kier molecular flexibility index (Phi) is 4.63. The fourth-order valence-electron chi connectivity index (χ4n) is 1.88. The molecule has 7 heteroatoms. The third-order valence-electron chi connectivity index (χ3n) is 3.04. The van der Waals surface area contributed by atoms with Crippen LogP contribution in [0.4, 0.5) is 5.69 Å². The van der Waals surface area contributed by atoms with Gasteiger partial charge >= 0.3 is 0 Å². The van der Waals surface area contributed by atoms with Gasteiger partial charge in [0.2, 0.25) is 0 Å². The van der Waals surface area contributed by atoms with E-state index in [-0.39, 0.29) is 10.8 Å². The van der Waals surface area contributed by atoms with Crippen LogP contribution in [0.25, 0.3) is 0 Å². The van der Waals surface area contributed by atoms with Gasteiger partial charge in [0.15, 0.2) is 0 Å². The van der Waals surface area contributed by atoms with E-state index in [0.29, 0.717) is 17.1 Å². The number of thiophene rings is 1. The first-order chi connectivity index (χ1) is 9.98. The molecule has 0 amide bonds. The van der Waals surface area contributed by atoms with E-state index < -0.39 is 10.0 Å². The second-order valence-electron chi connectivity index (χ2n) is 4.36. The molecule has 5 nitrogen and oxygen atoms in total. The van der Waals surface area contributed by atoms with Crippen LogP contribution in [0.5, 0.6) is 0 Å². The summed E-state index contributed by atoms with van der Waals surface area (Å²) in [4.78, 5) is 0.379. The summed E-state index contributed by atoms with van der Waals surface area (Å²) in [6, 6.07) is 12.1. The van der Waals surface area contributed by atoms with Crippen molar-refractivity contribution in [3.05, 3.63) is 46.8 Å². The van der Waals surface area contributed by atoms with Crippen LogP contribution >= 0.6 is 11.3 Å². The summed E-state index contributed by atoms with van der Waals surface area (Å²) in [5, 5.41) is 8.82. The highest BCUT2D eigenvalue weighted by atomic mass is 32.2. The van der Waals surface area contributed by atoms with E-state index in [1.807, 2.05) is 24.3 Å². The molecule has 2 N–H and O–H groups in total. The molecule has 0 aliphatic heterocycles. The summed E-state index contributed by atoms with van der Waals surface area (Å²) in [7, 11) is -3.61. The monoisotopic (exact) mass is 321 g/mol. The van der Waals surface area contributed by atoms with Gasteiger partial charge in [-0.05, 0) is 23.8 Å². The van der Waals surface area contributed by atoms with E-state index >= 15 is 0 Å². The molecule has 0 atom stereocenters. The number of sulfonamides is 1. The maximum Gasteiger partial charge on any atom is 0.252 e. The van der Waals surface area contributed by atoms with Gasteiger partial charge in [0.25, 0.3) is 10.0 Å². The number of hydrogen-bond acceptors (Lipinski definition) is 5. The Hall–Kier alpha value is -1.88. The molecule has 0 saturated carbocycles. The molecule has 0 bridgehead atoms.